The Kier molecular flexibility index (Phi) is 3.22. The van der Waals surface area contributed by atoms with E-state index in [1.165, 1.54) is 0 Å². The average molecular weight is 220 g/mol. The highest BCUT2D eigenvalue weighted by molar-refractivity contribution is 5.83. The predicted octanol–water partition coefficient (Wildman–Crippen LogP) is 1.56. The Hall–Kier alpha value is -1.81. The topological polar surface area (TPSA) is 48.1 Å². The van der Waals surface area contributed by atoms with Gasteiger partial charge in [0.05, 0.1) is 6.61 Å². The van der Waals surface area contributed by atoms with Crippen molar-refractivity contribution >= 4 is 5.97 Å². The number of ether oxygens (including phenoxy) is 3. The molecule has 2 rings (SSSR count). The van der Waals surface area contributed by atoms with E-state index in [4.69, 9.17) is 14.2 Å². The Labute approximate surface area is 93.4 Å². The van der Waals surface area contributed by atoms with E-state index in [0.717, 1.165) is 12.7 Å². The van der Waals surface area contributed by atoms with Crippen LogP contribution in [-0.2, 0) is 9.53 Å². The second kappa shape index (κ2) is 4.81. The first-order valence-electron chi connectivity index (χ1n) is 4.97. The molecular weight excluding hydrogens is 208 g/mol. The summed E-state index contributed by atoms with van der Waals surface area (Å²) >= 11 is 0. The Morgan fingerprint density at radius 2 is 2.19 bits per heavy atom. The summed E-state index contributed by atoms with van der Waals surface area (Å²) in [5, 5.41) is 0. The number of benzene rings is 1. The van der Waals surface area contributed by atoms with Gasteiger partial charge in [-0.3, -0.25) is 0 Å². The van der Waals surface area contributed by atoms with Crippen LogP contribution in [0.25, 0.3) is 0 Å². The molecule has 1 aromatic rings. The first-order chi connectivity index (χ1) is 7.79. The number of carbonyl (C=O) groups excluding carboxylic acids is 1. The molecule has 0 aromatic heterocycles. The maximum atomic E-state index is 11.1. The van der Waals surface area contributed by atoms with E-state index in [-0.39, 0.29) is 6.10 Å². The van der Waals surface area contributed by atoms with Gasteiger partial charge in [0.1, 0.15) is 12.7 Å². The maximum absolute atomic E-state index is 11.1. The van der Waals surface area contributed by atoms with Crippen molar-refractivity contribution < 1.29 is 19.0 Å². The Bertz CT molecular complexity index is 396. The molecule has 16 heavy (non-hydrogen) atoms. The third-order valence-electron chi connectivity index (χ3n) is 2.05. The second-order valence-corrected chi connectivity index (χ2v) is 3.34. The normalized spacial score (nSPS) is 17.6. The maximum Gasteiger partial charge on any atom is 0.335 e. The lowest BCUT2D eigenvalue weighted by atomic mass is 10.3. The zero-order valence-corrected chi connectivity index (χ0v) is 8.72. The summed E-state index contributed by atoms with van der Waals surface area (Å²) in [4.78, 5) is 11.1. The van der Waals surface area contributed by atoms with Crippen molar-refractivity contribution in [2.24, 2.45) is 0 Å². The van der Waals surface area contributed by atoms with Gasteiger partial charge in [0.2, 0.25) is 0 Å². The van der Waals surface area contributed by atoms with Gasteiger partial charge in [0.15, 0.2) is 11.5 Å². The van der Waals surface area contributed by atoms with Gasteiger partial charge in [-0.2, -0.15) is 0 Å². The predicted molar refractivity (Wildman–Crippen MR) is 57.5 cm³/mol. The third-order valence-corrected chi connectivity index (χ3v) is 2.05. The molecule has 1 heterocycles. The number of para-hydroxylation sites is 2. The average Bonchev–Trinajstić information content (AvgIpc) is 3.11. The molecule has 0 spiro atoms. The summed E-state index contributed by atoms with van der Waals surface area (Å²) in [6, 6.07) is 7.00. The van der Waals surface area contributed by atoms with E-state index in [9.17, 15) is 4.79 Å². The van der Waals surface area contributed by atoms with Gasteiger partial charge in [-0.15, -0.1) is 0 Å². The fourth-order valence-corrected chi connectivity index (χ4v) is 1.15. The molecule has 1 aromatic carbocycles. The number of esters is 1. The van der Waals surface area contributed by atoms with Gasteiger partial charge >= 0.3 is 5.97 Å². The molecule has 1 saturated heterocycles. The smallest absolute Gasteiger partial charge is 0.335 e. The molecule has 0 saturated carbocycles. The summed E-state index contributed by atoms with van der Waals surface area (Å²) in [5.41, 5.74) is 0. The van der Waals surface area contributed by atoms with Gasteiger partial charge in [-0.1, -0.05) is 18.7 Å². The Balaban J connectivity index is 2.02. The molecule has 0 bridgehead atoms. The van der Waals surface area contributed by atoms with Crippen LogP contribution in [-0.4, -0.2) is 25.3 Å². The summed E-state index contributed by atoms with van der Waals surface area (Å²) in [6.07, 6.45) is 1.28. The number of hydrogen-bond acceptors (Lipinski definition) is 4. The van der Waals surface area contributed by atoms with Crippen LogP contribution in [0.5, 0.6) is 11.5 Å². The van der Waals surface area contributed by atoms with Crippen LogP contribution < -0.4 is 9.47 Å². The lowest BCUT2D eigenvalue weighted by molar-refractivity contribution is -0.129. The van der Waals surface area contributed by atoms with E-state index in [1.54, 1.807) is 18.2 Å². The molecule has 4 heteroatoms. The quantitative estimate of drug-likeness (QED) is 0.327. The van der Waals surface area contributed by atoms with Crippen LogP contribution in [0.4, 0.5) is 0 Å². The van der Waals surface area contributed by atoms with Gasteiger partial charge in [-0.05, 0) is 12.1 Å². The third kappa shape index (κ3) is 2.84. The summed E-state index contributed by atoms with van der Waals surface area (Å²) < 4.78 is 15.5. The molecule has 0 aliphatic carbocycles. The number of hydrogen-bond donors (Lipinski definition) is 0. The molecule has 1 atom stereocenters. The van der Waals surface area contributed by atoms with E-state index in [1.807, 2.05) is 6.07 Å². The van der Waals surface area contributed by atoms with Crippen LogP contribution in [0.15, 0.2) is 36.9 Å². The van der Waals surface area contributed by atoms with Gasteiger partial charge in [0, 0.05) is 6.08 Å². The fourth-order valence-electron chi connectivity index (χ4n) is 1.15. The Morgan fingerprint density at radius 1 is 1.50 bits per heavy atom. The minimum Gasteiger partial charge on any atom is -0.487 e. The highest BCUT2D eigenvalue weighted by Gasteiger charge is 2.23. The molecule has 1 fully saturated rings. The zero-order valence-electron chi connectivity index (χ0n) is 8.72. The Morgan fingerprint density at radius 3 is 2.81 bits per heavy atom. The molecule has 0 N–H and O–H groups in total. The molecule has 4 nitrogen and oxygen atoms in total. The zero-order chi connectivity index (χ0) is 11.4. The van der Waals surface area contributed by atoms with Crippen molar-refractivity contribution in [3.63, 3.8) is 0 Å². The van der Waals surface area contributed by atoms with Crippen molar-refractivity contribution in [3.8, 4) is 11.5 Å². The molecule has 0 radical (unpaired) electrons. The van der Waals surface area contributed by atoms with Crippen molar-refractivity contribution in [2.75, 3.05) is 13.2 Å². The number of rotatable bonds is 5. The van der Waals surface area contributed by atoms with Crippen LogP contribution in [0.2, 0.25) is 0 Å². The number of epoxide rings is 1. The molecule has 1 unspecified atom stereocenters. The fraction of sp³-hybridized carbons (Fsp3) is 0.250. The highest BCUT2D eigenvalue weighted by Crippen LogP contribution is 2.27. The van der Waals surface area contributed by atoms with Crippen LogP contribution in [0.3, 0.4) is 0 Å². The van der Waals surface area contributed by atoms with Crippen molar-refractivity contribution in [1.29, 1.82) is 0 Å². The standard InChI is InChI=1S/C12H12O4/c1-2-12(13)16-11-6-4-3-5-10(11)15-8-9-7-14-9/h2-6,9H,1,7-8H2. The minimum absolute atomic E-state index is 0.170. The molecule has 1 aliphatic rings. The van der Waals surface area contributed by atoms with E-state index in [2.05, 4.69) is 6.58 Å². The van der Waals surface area contributed by atoms with E-state index in [0.29, 0.717) is 18.1 Å². The van der Waals surface area contributed by atoms with Gasteiger partial charge in [0.25, 0.3) is 0 Å². The van der Waals surface area contributed by atoms with Gasteiger partial charge in [-0.25, -0.2) is 4.79 Å². The lowest BCUT2D eigenvalue weighted by Crippen LogP contribution is -2.08. The van der Waals surface area contributed by atoms with Crippen LogP contribution >= 0.6 is 0 Å². The summed E-state index contributed by atoms with van der Waals surface area (Å²) in [5.74, 6) is 0.431. The largest absolute Gasteiger partial charge is 0.487 e. The van der Waals surface area contributed by atoms with Crippen molar-refractivity contribution in [2.45, 2.75) is 6.10 Å². The summed E-state index contributed by atoms with van der Waals surface area (Å²) in [6.45, 7) is 4.54. The highest BCUT2D eigenvalue weighted by atomic mass is 16.6. The first-order valence-corrected chi connectivity index (χ1v) is 4.97. The van der Waals surface area contributed by atoms with Crippen LogP contribution in [0.1, 0.15) is 0 Å². The molecular formula is C12H12O4. The molecule has 0 amide bonds. The first kappa shape index (κ1) is 10.7. The van der Waals surface area contributed by atoms with E-state index >= 15 is 0 Å². The van der Waals surface area contributed by atoms with Crippen molar-refractivity contribution in [1.82, 2.24) is 0 Å². The second-order valence-electron chi connectivity index (χ2n) is 3.34. The lowest BCUT2D eigenvalue weighted by Gasteiger charge is -2.09. The van der Waals surface area contributed by atoms with E-state index < -0.39 is 5.97 Å². The summed E-state index contributed by atoms with van der Waals surface area (Å²) in [7, 11) is 0. The SMILES string of the molecule is C=CC(=O)Oc1ccccc1OCC1CO1. The van der Waals surface area contributed by atoms with Crippen LogP contribution in [0, 0.1) is 0 Å². The minimum atomic E-state index is -0.501. The van der Waals surface area contributed by atoms with Gasteiger partial charge < -0.3 is 14.2 Å². The number of carbonyl (C=O) groups is 1. The molecule has 1 aliphatic heterocycles. The molecule has 84 valence electrons. The monoisotopic (exact) mass is 220 g/mol. The van der Waals surface area contributed by atoms with Crippen molar-refractivity contribution in [3.05, 3.63) is 36.9 Å².